The van der Waals surface area contributed by atoms with Gasteiger partial charge in [0.2, 0.25) is 0 Å². The van der Waals surface area contributed by atoms with Crippen LogP contribution in [0.15, 0.2) is 16.3 Å². The van der Waals surface area contributed by atoms with Crippen LogP contribution in [-0.2, 0) is 14.8 Å². The number of rotatable bonds is 4. The quantitative estimate of drug-likeness (QED) is 0.768. The van der Waals surface area contributed by atoms with Crippen molar-refractivity contribution in [1.82, 2.24) is 0 Å². The number of hydrogen-bond donors (Lipinski definition) is 0. The average molecular weight is 317 g/mol. The van der Waals surface area contributed by atoms with Crippen LogP contribution in [0.3, 0.4) is 0 Å². The maximum Gasteiger partial charge on any atom is 0.336 e. The first-order valence-electron chi connectivity index (χ1n) is 6.71. The van der Waals surface area contributed by atoms with E-state index in [1.165, 1.54) is 11.3 Å². The Hall–Kier alpha value is -0.920. The Kier molecular flexibility index (Phi) is 4.22. The fourth-order valence-electron chi connectivity index (χ4n) is 2.74. The van der Waals surface area contributed by atoms with Crippen LogP contribution in [0.4, 0.5) is 0 Å². The van der Waals surface area contributed by atoms with Gasteiger partial charge in [-0.3, -0.25) is 0 Å². The van der Waals surface area contributed by atoms with E-state index >= 15 is 0 Å². The van der Waals surface area contributed by atoms with E-state index in [9.17, 15) is 18.3 Å². The van der Waals surface area contributed by atoms with Crippen LogP contribution in [0.25, 0.3) is 0 Å². The molecule has 0 aliphatic carbocycles. The van der Waals surface area contributed by atoms with Crippen LogP contribution in [0.1, 0.15) is 24.6 Å². The Bertz CT molecular complexity index is 598. The first kappa shape index (κ1) is 15.5. The van der Waals surface area contributed by atoms with Crippen LogP contribution in [-0.4, -0.2) is 37.9 Å². The van der Waals surface area contributed by atoms with Gasteiger partial charge in [-0.05, 0) is 26.0 Å². The maximum absolute atomic E-state index is 12.8. The SMILES string of the molecule is CC[N+]1(S(=O)(=O)c2ccc(C)s2)CCC(C(=O)[O-])CC1. The zero-order valence-electron chi connectivity index (χ0n) is 11.7. The molecule has 20 heavy (non-hydrogen) atoms. The van der Waals surface area contributed by atoms with E-state index in [4.69, 9.17) is 0 Å². The highest BCUT2D eigenvalue weighted by molar-refractivity contribution is 7.88. The molecule has 7 heteroatoms. The first-order chi connectivity index (χ1) is 9.32. The van der Waals surface area contributed by atoms with Crippen LogP contribution in [0, 0.1) is 12.8 Å². The van der Waals surface area contributed by atoms with Crippen molar-refractivity contribution in [3.05, 3.63) is 17.0 Å². The van der Waals surface area contributed by atoms with E-state index in [1.807, 2.05) is 13.8 Å². The average Bonchev–Trinajstić information content (AvgIpc) is 2.86. The minimum Gasteiger partial charge on any atom is -0.550 e. The normalized spacial score (nSPS) is 27.4. The van der Waals surface area contributed by atoms with Gasteiger partial charge in [0.1, 0.15) is 0 Å². The number of likely N-dealkylation sites (tertiary alicyclic amines) is 1. The molecule has 0 amide bonds. The number of aryl methyl sites for hydroxylation is 1. The number of thiophene rings is 1. The number of aliphatic carboxylic acids is 1. The highest BCUT2D eigenvalue weighted by atomic mass is 32.2. The summed E-state index contributed by atoms with van der Waals surface area (Å²) in [6.07, 6.45) is 0.722. The van der Waals surface area contributed by atoms with Crippen LogP contribution >= 0.6 is 11.3 Å². The predicted molar refractivity (Wildman–Crippen MR) is 74.5 cm³/mol. The summed E-state index contributed by atoms with van der Waals surface area (Å²) < 4.78 is 26.0. The molecule has 0 aromatic carbocycles. The molecule has 0 spiro atoms. The molecule has 0 saturated carbocycles. The van der Waals surface area contributed by atoms with Gasteiger partial charge in [0, 0.05) is 29.6 Å². The van der Waals surface area contributed by atoms with Gasteiger partial charge in [0.05, 0.1) is 19.6 Å². The molecule has 112 valence electrons. The second-order valence-corrected chi connectivity index (χ2v) is 8.97. The van der Waals surface area contributed by atoms with E-state index < -0.39 is 21.9 Å². The number of hydrogen-bond acceptors (Lipinski definition) is 5. The number of carbonyl (C=O) groups excluding carboxylic acids is 1. The Morgan fingerprint density at radius 3 is 2.40 bits per heavy atom. The lowest BCUT2D eigenvalue weighted by Crippen LogP contribution is -2.57. The van der Waals surface area contributed by atoms with Gasteiger partial charge >= 0.3 is 10.0 Å². The molecule has 0 unspecified atom stereocenters. The Morgan fingerprint density at radius 2 is 2.00 bits per heavy atom. The fourth-order valence-corrected chi connectivity index (χ4v) is 6.27. The molecule has 1 aromatic heterocycles. The summed E-state index contributed by atoms with van der Waals surface area (Å²) in [6, 6.07) is 3.45. The Balaban J connectivity index is 2.31. The number of carbonyl (C=O) groups is 1. The summed E-state index contributed by atoms with van der Waals surface area (Å²) >= 11 is 1.28. The van der Waals surface area contributed by atoms with Gasteiger partial charge in [0.15, 0.2) is 4.21 Å². The van der Waals surface area contributed by atoms with Crippen molar-refractivity contribution in [3.8, 4) is 0 Å². The maximum atomic E-state index is 12.8. The molecule has 0 N–H and O–H groups in total. The molecule has 1 saturated heterocycles. The van der Waals surface area contributed by atoms with E-state index in [1.54, 1.807) is 12.1 Å². The summed E-state index contributed by atoms with van der Waals surface area (Å²) in [6.45, 7) is 4.86. The highest BCUT2D eigenvalue weighted by Gasteiger charge is 2.45. The van der Waals surface area contributed by atoms with E-state index in [-0.39, 0.29) is 3.89 Å². The van der Waals surface area contributed by atoms with Crippen molar-refractivity contribution in [1.29, 1.82) is 0 Å². The third-order valence-corrected chi connectivity index (χ3v) is 8.12. The summed E-state index contributed by atoms with van der Waals surface area (Å²) in [7, 11) is -3.46. The molecule has 0 bridgehead atoms. The van der Waals surface area contributed by atoms with Gasteiger partial charge in [-0.1, -0.05) is 0 Å². The number of sulfonamides is 1. The van der Waals surface area contributed by atoms with Crippen molar-refractivity contribution in [2.24, 2.45) is 5.92 Å². The molecule has 1 aromatic rings. The van der Waals surface area contributed by atoms with Crippen molar-refractivity contribution >= 4 is 27.3 Å². The van der Waals surface area contributed by atoms with Gasteiger partial charge in [-0.25, -0.2) is 3.89 Å². The lowest BCUT2D eigenvalue weighted by atomic mass is 9.97. The molecule has 2 heterocycles. The molecule has 1 aliphatic heterocycles. The van der Waals surface area contributed by atoms with E-state index in [2.05, 4.69) is 0 Å². The number of quaternary nitrogens is 1. The van der Waals surface area contributed by atoms with Gasteiger partial charge in [0.25, 0.3) is 0 Å². The monoisotopic (exact) mass is 317 g/mol. The van der Waals surface area contributed by atoms with Crippen molar-refractivity contribution in [3.63, 3.8) is 0 Å². The van der Waals surface area contributed by atoms with Gasteiger partial charge in [-0.2, -0.15) is 8.42 Å². The molecule has 5 nitrogen and oxygen atoms in total. The molecule has 0 atom stereocenters. The highest BCUT2D eigenvalue weighted by Crippen LogP contribution is 2.34. The van der Waals surface area contributed by atoms with Crippen molar-refractivity contribution in [2.75, 3.05) is 19.6 Å². The third-order valence-electron chi connectivity index (χ3n) is 4.16. The Morgan fingerprint density at radius 1 is 1.40 bits per heavy atom. The van der Waals surface area contributed by atoms with Crippen molar-refractivity contribution < 1.29 is 22.2 Å². The third kappa shape index (κ3) is 2.49. The number of carboxylic acid groups (broad SMARTS) is 1. The van der Waals surface area contributed by atoms with Crippen LogP contribution in [0.2, 0.25) is 0 Å². The molecule has 0 radical (unpaired) electrons. The van der Waals surface area contributed by atoms with Crippen LogP contribution < -0.4 is 5.11 Å². The molecule has 2 rings (SSSR count). The largest absolute Gasteiger partial charge is 0.550 e. The summed E-state index contributed by atoms with van der Waals surface area (Å²) in [5.41, 5.74) is 0. The lowest BCUT2D eigenvalue weighted by Gasteiger charge is -2.41. The van der Waals surface area contributed by atoms with Crippen LogP contribution in [0.5, 0.6) is 0 Å². The standard InChI is InChI=1S/C13H19NO4S2/c1-3-14(8-6-11(7-9-14)13(15)16)20(17,18)12-5-4-10(2)19-12/h4-5,11H,3,6-9H2,1-2H3. The fraction of sp³-hybridized carbons (Fsp3) is 0.615. The zero-order valence-corrected chi connectivity index (χ0v) is 13.3. The summed E-state index contributed by atoms with van der Waals surface area (Å²) in [4.78, 5) is 11.9. The van der Waals surface area contributed by atoms with Gasteiger partial charge < -0.3 is 9.90 Å². The molecular formula is C13H19NO4S2. The zero-order chi connectivity index (χ0) is 15.0. The van der Waals surface area contributed by atoms with E-state index in [0.29, 0.717) is 36.7 Å². The number of piperidine rings is 1. The minimum absolute atomic E-state index is 0.0449. The lowest BCUT2D eigenvalue weighted by molar-refractivity contribution is -0.811. The number of nitrogens with zero attached hydrogens (tertiary/aromatic N) is 1. The molecule has 1 aliphatic rings. The van der Waals surface area contributed by atoms with Crippen molar-refractivity contribution in [2.45, 2.75) is 30.9 Å². The molecule has 1 fully saturated rings. The summed E-state index contributed by atoms with van der Waals surface area (Å²) in [5.74, 6) is -1.59. The Labute approximate surface area is 123 Å². The minimum atomic E-state index is -3.46. The first-order valence-corrected chi connectivity index (χ1v) is 8.96. The second-order valence-electron chi connectivity index (χ2n) is 5.26. The van der Waals surface area contributed by atoms with Gasteiger partial charge in [-0.15, -0.1) is 11.3 Å². The number of carboxylic acids is 1. The smallest absolute Gasteiger partial charge is 0.336 e. The second kappa shape index (κ2) is 5.46. The topological polar surface area (TPSA) is 74.3 Å². The predicted octanol–water partition coefficient (Wildman–Crippen LogP) is 0.742. The van der Waals surface area contributed by atoms with E-state index in [0.717, 1.165) is 4.88 Å². The molecular weight excluding hydrogens is 298 g/mol. The summed E-state index contributed by atoms with van der Waals surface area (Å²) in [5, 5.41) is 10.9.